The number of likely N-dealkylation sites (tertiary alicyclic amines) is 1. The van der Waals surface area contributed by atoms with Gasteiger partial charge in [-0.1, -0.05) is 35.0 Å². The molecular formula is C21H28BrN3OS. The molecule has 1 amide bonds. The van der Waals surface area contributed by atoms with E-state index in [1.807, 2.05) is 29.6 Å². The monoisotopic (exact) mass is 449 g/mol. The van der Waals surface area contributed by atoms with Gasteiger partial charge in [-0.05, 0) is 63.4 Å². The Morgan fingerprint density at radius 1 is 1.33 bits per heavy atom. The van der Waals surface area contributed by atoms with Crippen molar-refractivity contribution < 1.29 is 4.79 Å². The summed E-state index contributed by atoms with van der Waals surface area (Å²) in [5.74, 6) is 0.947. The third-order valence-electron chi connectivity index (χ3n) is 5.06. The summed E-state index contributed by atoms with van der Waals surface area (Å²) in [7, 11) is 0. The van der Waals surface area contributed by atoms with E-state index in [4.69, 9.17) is 0 Å². The molecular weight excluding hydrogens is 422 g/mol. The van der Waals surface area contributed by atoms with Gasteiger partial charge in [0.15, 0.2) is 0 Å². The van der Waals surface area contributed by atoms with Crippen LogP contribution in [0.4, 0.5) is 0 Å². The van der Waals surface area contributed by atoms with Crippen molar-refractivity contribution in [3.63, 3.8) is 0 Å². The highest BCUT2D eigenvalue weighted by molar-refractivity contribution is 9.10. The van der Waals surface area contributed by atoms with E-state index in [1.54, 1.807) is 11.3 Å². The van der Waals surface area contributed by atoms with E-state index in [0.29, 0.717) is 6.42 Å². The third-order valence-corrected chi connectivity index (χ3v) is 6.50. The van der Waals surface area contributed by atoms with Crippen molar-refractivity contribution in [3.05, 3.63) is 39.8 Å². The van der Waals surface area contributed by atoms with Gasteiger partial charge in [-0.2, -0.15) is 0 Å². The van der Waals surface area contributed by atoms with Crippen LogP contribution in [-0.2, 0) is 11.2 Å². The van der Waals surface area contributed by atoms with E-state index >= 15 is 0 Å². The SMILES string of the molecule is CC1CCN(CCCCNC(=O)Cc2csc(-c3cccc(Br)c3)n2)CC1. The fourth-order valence-corrected chi connectivity index (χ4v) is 4.56. The van der Waals surface area contributed by atoms with Gasteiger partial charge in [0, 0.05) is 22.0 Å². The van der Waals surface area contributed by atoms with Gasteiger partial charge in [-0.15, -0.1) is 11.3 Å². The average molecular weight is 450 g/mol. The maximum atomic E-state index is 12.1. The Hall–Kier alpha value is -1.24. The summed E-state index contributed by atoms with van der Waals surface area (Å²) in [6.45, 7) is 6.72. The van der Waals surface area contributed by atoms with Gasteiger partial charge in [-0.25, -0.2) is 4.98 Å². The minimum atomic E-state index is 0.0629. The molecule has 0 saturated carbocycles. The molecule has 4 nitrogen and oxygen atoms in total. The number of hydrogen-bond acceptors (Lipinski definition) is 4. The summed E-state index contributed by atoms with van der Waals surface area (Å²) in [4.78, 5) is 19.3. The van der Waals surface area contributed by atoms with E-state index in [-0.39, 0.29) is 5.91 Å². The van der Waals surface area contributed by atoms with Gasteiger partial charge in [-0.3, -0.25) is 4.79 Å². The van der Waals surface area contributed by atoms with Crippen LogP contribution in [0.15, 0.2) is 34.1 Å². The molecule has 0 aliphatic carbocycles. The summed E-state index contributed by atoms with van der Waals surface area (Å²) < 4.78 is 1.04. The summed E-state index contributed by atoms with van der Waals surface area (Å²) in [6.07, 6.45) is 5.20. The van der Waals surface area contributed by atoms with Crippen molar-refractivity contribution in [2.75, 3.05) is 26.2 Å². The van der Waals surface area contributed by atoms with Crippen LogP contribution in [0.2, 0.25) is 0 Å². The smallest absolute Gasteiger partial charge is 0.226 e. The van der Waals surface area contributed by atoms with Crippen molar-refractivity contribution in [3.8, 4) is 10.6 Å². The lowest BCUT2D eigenvalue weighted by Crippen LogP contribution is -2.34. The lowest BCUT2D eigenvalue weighted by atomic mass is 9.99. The standard InChI is InChI=1S/C21H28BrN3OS/c1-16-7-11-25(12-8-16)10-3-2-9-23-20(26)14-19-15-27-21(24-19)17-5-4-6-18(22)13-17/h4-6,13,15-16H,2-3,7-12,14H2,1H3,(H,23,26). The number of amides is 1. The van der Waals surface area contributed by atoms with E-state index in [9.17, 15) is 4.79 Å². The molecule has 6 heteroatoms. The summed E-state index contributed by atoms with van der Waals surface area (Å²) >= 11 is 5.07. The lowest BCUT2D eigenvalue weighted by molar-refractivity contribution is -0.120. The summed E-state index contributed by atoms with van der Waals surface area (Å²) in [6, 6.07) is 8.08. The average Bonchev–Trinajstić information content (AvgIpc) is 3.11. The second kappa shape index (κ2) is 10.3. The van der Waals surface area contributed by atoms with Crippen LogP contribution in [0.1, 0.15) is 38.3 Å². The van der Waals surface area contributed by atoms with Crippen molar-refractivity contribution in [2.45, 2.75) is 39.0 Å². The van der Waals surface area contributed by atoms with E-state index < -0.39 is 0 Å². The first kappa shape index (κ1) is 20.5. The molecule has 0 spiro atoms. The van der Waals surface area contributed by atoms with Crippen molar-refractivity contribution in [1.82, 2.24) is 15.2 Å². The molecule has 2 heterocycles. The number of nitrogens with one attached hydrogen (secondary N) is 1. The third kappa shape index (κ3) is 6.70. The summed E-state index contributed by atoms with van der Waals surface area (Å²) in [5.41, 5.74) is 1.92. The van der Waals surface area contributed by atoms with Crippen LogP contribution in [0.25, 0.3) is 10.6 Å². The van der Waals surface area contributed by atoms with Crippen molar-refractivity contribution in [1.29, 1.82) is 0 Å². The van der Waals surface area contributed by atoms with Gasteiger partial charge >= 0.3 is 0 Å². The molecule has 2 aromatic rings. The molecule has 1 N–H and O–H groups in total. The van der Waals surface area contributed by atoms with Crippen LogP contribution in [0, 0.1) is 5.92 Å². The molecule has 0 bridgehead atoms. The first-order valence-electron chi connectivity index (χ1n) is 9.79. The Labute approximate surface area is 174 Å². The highest BCUT2D eigenvalue weighted by Crippen LogP contribution is 2.26. The normalized spacial score (nSPS) is 15.8. The number of halogens is 1. The first-order valence-corrected chi connectivity index (χ1v) is 11.5. The molecule has 1 aromatic carbocycles. The molecule has 1 aliphatic heterocycles. The molecule has 3 rings (SSSR count). The van der Waals surface area contributed by atoms with E-state index in [2.05, 4.69) is 38.1 Å². The molecule has 1 aliphatic rings. The van der Waals surface area contributed by atoms with Crippen molar-refractivity contribution in [2.24, 2.45) is 5.92 Å². The zero-order valence-corrected chi connectivity index (χ0v) is 18.3. The highest BCUT2D eigenvalue weighted by atomic mass is 79.9. The number of carbonyl (C=O) groups excluding carboxylic acids is 1. The van der Waals surface area contributed by atoms with E-state index in [0.717, 1.165) is 52.6 Å². The topological polar surface area (TPSA) is 45.2 Å². The molecule has 146 valence electrons. The number of thiazole rings is 1. The van der Waals surface area contributed by atoms with Gasteiger partial charge in [0.1, 0.15) is 5.01 Å². The molecule has 27 heavy (non-hydrogen) atoms. The van der Waals surface area contributed by atoms with Crippen LogP contribution in [0.3, 0.4) is 0 Å². The van der Waals surface area contributed by atoms with Crippen LogP contribution in [0.5, 0.6) is 0 Å². The molecule has 1 saturated heterocycles. The minimum Gasteiger partial charge on any atom is -0.356 e. The van der Waals surface area contributed by atoms with Crippen LogP contribution in [-0.4, -0.2) is 42.0 Å². The minimum absolute atomic E-state index is 0.0629. The van der Waals surface area contributed by atoms with Gasteiger partial charge < -0.3 is 10.2 Å². The van der Waals surface area contributed by atoms with Gasteiger partial charge in [0.25, 0.3) is 0 Å². The summed E-state index contributed by atoms with van der Waals surface area (Å²) in [5, 5.41) is 5.97. The van der Waals surface area contributed by atoms with Crippen LogP contribution >= 0.6 is 27.3 Å². The second-order valence-electron chi connectivity index (χ2n) is 7.41. The molecule has 0 radical (unpaired) electrons. The number of aromatic nitrogens is 1. The zero-order valence-electron chi connectivity index (χ0n) is 15.9. The number of nitrogens with zero attached hydrogens (tertiary/aromatic N) is 2. The predicted molar refractivity (Wildman–Crippen MR) is 116 cm³/mol. The van der Waals surface area contributed by atoms with Crippen molar-refractivity contribution >= 4 is 33.2 Å². The number of piperidine rings is 1. The fraction of sp³-hybridized carbons (Fsp3) is 0.524. The lowest BCUT2D eigenvalue weighted by Gasteiger charge is -2.30. The largest absolute Gasteiger partial charge is 0.356 e. The van der Waals surface area contributed by atoms with Crippen LogP contribution < -0.4 is 5.32 Å². The molecule has 1 fully saturated rings. The highest BCUT2D eigenvalue weighted by Gasteiger charge is 2.14. The Bertz CT molecular complexity index is 741. The molecule has 1 aromatic heterocycles. The number of hydrogen-bond donors (Lipinski definition) is 1. The number of benzene rings is 1. The van der Waals surface area contributed by atoms with Gasteiger partial charge in [0.2, 0.25) is 5.91 Å². The Kier molecular flexibility index (Phi) is 7.85. The maximum absolute atomic E-state index is 12.1. The Balaban J connectivity index is 1.34. The quantitative estimate of drug-likeness (QED) is 0.591. The molecule has 0 unspecified atom stereocenters. The van der Waals surface area contributed by atoms with Gasteiger partial charge in [0.05, 0.1) is 12.1 Å². The first-order chi connectivity index (χ1) is 13.1. The number of rotatable bonds is 8. The zero-order chi connectivity index (χ0) is 19.1. The Morgan fingerprint density at radius 3 is 2.93 bits per heavy atom. The fourth-order valence-electron chi connectivity index (χ4n) is 3.34. The predicted octanol–water partition coefficient (Wildman–Crippen LogP) is 4.74. The number of carbonyl (C=O) groups is 1. The molecule has 0 atom stereocenters. The second-order valence-corrected chi connectivity index (χ2v) is 9.19. The Morgan fingerprint density at radius 2 is 2.15 bits per heavy atom. The maximum Gasteiger partial charge on any atom is 0.226 e. The van der Waals surface area contributed by atoms with E-state index in [1.165, 1.54) is 25.9 Å². The number of unbranched alkanes of at least 4 members (excludes halogenated alkanes) is 1.